The highest BCUT2D eigenvalue weighted by Gasteiger charge is 2.64. The smallest absolute Gasteiger partial charge is 0.417 e. The molecule has 0 radical (unpaired) electrons. The van der Waals surface area contributed by atoms with Crippen molar-refractivity contribution >= 4 is 0 Å². The van der Waals surface area contributed by atoms with Gasteiger partial charge in [0.2, 0.25) is 5.82 Å². The SMILES string of the molecule is COc1c([C@H]2[C@H](OC)O[C@@](C)(C(F)(F)F)[C@H]2C)ccc(F)c1F. The molecule has 0 aliphatic carbocycles. The van der Waals surface area contributed by atoms with E-state index in [4.69, 9.17) is 14.2 Å². The number of hydrogen-bond acceptors (Lipinski definition) is 3. The summed E-state index contributed by atoms with van der Waals surface area (Å²) in [6.45, 7) is 2.24. The zero-order valence-corrected chi connectivity index (χ0v) is 13.0. The molecule has 1 aliphatic heterocycles. The third-order valence-corrected chi connectivity index (χ3v) is 4.50. The molecule has 0 aromatic heterocycles. The predicted octanol–water partition coefficient (Wildman–Crippen LogP) is 4.02. The number of halogens is 5. The van der Waals surface area contributed by atoms with Gasteiger partial charge in [0.05, 0.1) is 7.11 Å². The molecule has 0 N–H and O–H groups in total. The molecule has 0 amide bonds. The summed E-state index contributed by atoms with van der Waals surface area (Å²) in [4.78, 5) is 0. The monoisotopic (exact) mass is 340 g/mol. The fraction of sp³-hybridized carbons (Fsp3) is 0.600. The Balaban J connectivity index is 2.57. The predicted molar refractivity (Wildman–Crippen MR) is 71.2 cm³/mol. The normalized spacial score (nSPS) is 31.4. The molecule has 1 aromatic rings. The van der Waals surface area contributed by atoms with Crippen molar-refractivity contribution < 1.29 is 36.2 Å². The Hall–Kier alpha value is -1.41. The second-order valence-corrected chi connectivity index (χ2v) is 5.63. The van der Waals surface area contributed by atoms with E-state index >= 15 is 0 Å². The molecule has 1 aliphatic rings. The first kappa shape index (κ1) is 17.9. The van der Waals surface area contributed by atoms with Crippen molar-refractivity contribution in [3.8, 4) is 5.75 Å². The highest BCUT2D eigenvalue weighted by atomic mass is 19.4. The van der Waals surface area contributed by atoms with Crippen molar-refractivity contribution in [2.24, 2.45) is 5.92 Å². The number of methoxy groups -OCH3 is 2. The van der Waals surface area contributed by atoms with E-state index in [0.29, 0.717) is 0 Å². The van der Waals surface area contributed by atoms with Gasteiger partial charge in [-0.05, 0) is 13.0 Å². The molecule has 8 heteroatoms. The van der Waals surface area contributed by atoms with Gasteiger partial charge in [-0.2, -0.15) is 17.6 Å². The van der Waals surface area contributed by atoms with Gasteiger partial charge >= 0.3 is 6.18 Å². The van der Waals surface area contributed by atoms with Crippen molar-refractivity contribution in [1.82, 2.24) is 0 Å². The summed E-state index contributed by atoms with van der Waals surface area (Å²) in [5.74, 6) is -4.93. The van der Waals surface area contributed by atoms with Gasteiger partial charge in [0.25, 0.3) is 0 Å². The third kappa shape index (κ3) is 2.67. The maximum absolute atomic E-state index is 13.9. The Bertz CT molecular complexity index is 589. The fourth-order valence-corrected chi connectivity index (χ4v) is 2.95. The number of hydrogen-bond donors (Lipinski definition) is 0. The Morgan fingerprint density at radius 2 is 1.78 bits per heavy atom. The first-order chi connectivity index (χ1) is 10.6. The Morgan fingerprint density at radius 3 is 2.26 bits per heavy atom. The van der Waals surface area contributed by atoms with E-state index in [2.05, 4.69) is 0 Å². The van der Waals surface area contributed by atoms with Gasteiger partial charge in [-0.15, -0.1) is 0 Å². The van der Waals surface area contributed by atoms with E-state index in [0.717, 1.165) is 20.1 Å². The number of rotatable bonds is 3. The van der Waals surface area contributed by atoms with Gasteiger partial charge < -0.3 is 14.2 Å². The van der Waals surface area contributed by atoms with Crippen molar-refractivity contribution in [3.63, 3.8) is 0 Å². The van der Waals surface area contributed by atoms with E-state index in [9.17, 15) is 22.0 Å². The summed E-state index contributed by atoms with van der Waals surface area (Å²) in [5, 5.41) is 0. The van der Waals surface area contributed by atoms with E-state index in [1.54, 1.807) is 0 Å². The standard InChI is InChI=1S/C15H17F5O3/c1-7-10(8-5-6-9(16)11(17)12(8)21-3)13(22-4)23-14(7,2)15(18,19)20/h5-7,10,13H,1-4H3/t7-,10-,13+,14+/m0/s1. The third-order valence-electron chi connectivity index (χ3n) is 4.50. The molecular formula is C15H17F5O3. The molecule has 0 bridgehead atoms. The molecule has 4 atom stereocenters. The molecule has 0 unspecified atom stereocenters. The molecular weight excluding hydrogens is 323 g/mol. The lowest BCUT2D eigenvalue weighted by molar-refractivity contribution is -0.294. The largest absolute Gasteiger partial charge is 0.493 e. The summed E-state index contributed by atoms with van der Waals surface area (Å²) in [6, 6.07) is 2.03. The van der Waals surface area contributed by atoms with Gasteiger partial charge in [0.1, 0.15) is 0 Å². The fourth-order valence-electron chi connectivity index (χ4n) is 2.95. The average molecular weight is 340 g/mol. The van der Waals surface area contributed by atoms with Crippen LogP contribution in [-0.2, 0) is 9.47 Å². The molecule has 1 heterocycles. The summed E-state index contributed by atoms with van der Waals surface area (Å²) >= 11 is 0. The minimum atomic E-state index is -4.65. The molecule has 0 saturated carbocycles. The average Bonchev–Trinajstić information content (AvgIpc) is 2.74. The molecule has 1 aromatic carbocycles. The van der Waals surface area contributed by atoms with Crippen LogP contribution in [0.25, 0.3) is 0 Å². The zero-order chi connectivity index (χ0) is 17.6. The molecule has 1 saturated heterocycles. The van der Waals surface area contributed by atoms with E-state index in [1.165, 1.54) is 20.1 Å². The lowest BCUT2D eigenvalue weighted by atomic mass is 9.79. The molecule has 2 rings (SSSR count). The van der Waals surface area contributed by atoms with Crippen LogP contribution in [-0.4, -0.2) is 32.3 Å². The summed E-state index contributed by atoms with van der Waals surface area (Å²) in [5.41, 5.74) is -2.41. The zero-order valence-electron chi connectivity index (χ0n) is 13.0. The summed E-state index contributed by atoms with van der Waals surface area (Å²) < 4.78 is 82.3. The molecule has 1 fully saturated rings. The Morgan fingerprint density at radius 1 is 1.17 bits per heavy atom. The van der Waals surface area contributed by atoms with Crippen LogP contribution in [0.1, 0.15) is 25.3 Å². The maximum atomic E-state index is 13.9. The van der Waals surface area contributed by atoms with Gasteiger partial charge in [0.15, 0.2) is 23.5 Å². The maximum Gasteiger partial charge on any atom is 0.417 e. The molecule has 0 spiro atoms. The van der Waals surface area contributed by atoms with Crippen molar-refractivity contribution in [2.75, 3.05) is 14.2 Å². The van der Waals surface area contributed by atoms with Gasteiger partial charge in [-0.3, -0.25) is 0 Å². The van der Waals surface area contributed by atoms with Crippen LogP contribution in [0.15, 0.2) is 12.1 Å². The van der Waals surface area contributed by atoms with Gasteiger partial charge in [0, 0.05) is 24.5 Å². The second-order valence-electron chi connectivity index (χ2n) is 5.63. The van der Waals surface area contributed by atoms with E-state index < -0.39 is 47.3 Å². The van der Waals surface area contributed by atoms with Crippen LogP contribution in [0, 0.1) is 17.6 Å². The molecule has 23 heavy (non-hydrogen) atoms. The van der Waals surface area contributed by atoms with E-state index in [1.807, 2.05) is 0 Å². The van der Waals surface area contributed by atoms with Crippen molar-refractivity contribution in [1.29, 1.82) is 0 Å². The van der Waals surface area contributed by atoms with E-state index in [-0.39, 0.29) is 5.56 Å². The molecule has 3 nitrogen and oxygen atoms in total. The van der Waals surface area contributed by atoms with Crippen molar-refractivity contribution in [2.45, 2.75) is 37.8 Å². The Labute approximate surface area is 130 Å². The van der Waals surface area contributed by atoms with Gasteiger partial charge in [-0.1, -0.05) is 13.0 Å². The quantitative estimate of drug-likeness (QED) is 0.778. The van der Waals surface area contributed by atoms with Crippen LogP contribution in [0.4, 0.5) is 22.0 Å². The second kappa shape index (κ2) is 5.90. The first-order valence-corrected chi connectivity index (χ1v) is 6.87. The lowest BCUT2D eigenvalue weighted by Gasteiger charge is -2.31. The molecule has 130 valence electrons. The summed E-state index contributed by atoms with van der Waals surface area (Å²) in [7, 11) is 2.31. The van der Waals surface area contributed by atoms with Crippen LogP contribution < -0.4 is 4.74 Å². The van der Waals surface area contributed by atoms with Gasteiger partial charge in [-0.25, -0.2) is 4.39 Å². The number of ether oxygens (including phenoxy) is 3. The summed E-state index contributed by atoms with van der Waals surface area (Å²) in [6.07, 6.45) is -5.92. The number of benzene rings is 1. The van der Waals surface area contributed by atoms with Crippen LogP contribution in [0.2, 0.25) is 0 Å². The highest BCUT2D eigenvalue weighted by Crippen LogP contribution is 2.54. The van der Waals surface area contributed by atoms with Crippen LogP contribution in [0.5, 0.6) is 5.75 Å². The Kier molecular flexibility index (Phi) is 4.60. The van der Waals surface area contributed by atoms with Crippen LogP contribution in [0.3, 0.4) is 0 Å². The first-order valence-electron chi connectivity index (χ1n) is 6.87. The minimum absolute atomic E-state index is 0.0683. The highest BCUT2D eigenvalue weighted by molar-refractivity contribution is 5.40. The van der Waals surface area contributed by atoms with Crippen LogP contribution >= 0.6 is 0 Å². The van der Waals surface area contributed by atoms with Crippen molar-refractivity contribution in [3.05, 3.63) is 29.3 Å². The minimum Gasteiger partial charge on any atom is -0.493 e. The topological polar surface area (TPSA) is 27.7 Å². The number of alkyl halides is 3. The lowest BCUT2D eigenvalue weighted by Crippen LogP contribution is -2.47.